The quantitative estimate of drug-likeness (QED) is 0.638. The Labute approximate surface area is 84.5 Å². The van der Waals surface area contributed by atoms with Crippen LogP contribution in [0, 0.1) is 5.92 Å². The minimum absolute atomic E-state index is 0.308. The van der Waals surface area contributed by atoms with Gasteiger partial charge in [-0.2, -0.15) is 0 Å². The first kappa shape index (κ1) is 11.5. The van der Waals surface area contributed by atoms with Crippen molar-refractivity contribution in [2.24, 2.45) is 5.92 Å². The third-order valence-corrected chi connectivity index (χ3v) is 2.46. The van der Waals surface area contributed by atoms with Crippen LogP contribution >= 0.6 is 0 Å². The van der Waals surface area contributed by atoms with Crippen molar-refractivity contribution in [3.63, 3.8) is 0 Å². The maximum absolute atomic E-state index is 11.0. The first-order chi connectivity index (χ1) is 6.74. The molecular formula is C10H18O4. The van der Waals surface area contributed by atoms with E-state index in [2.05, 4.69) is 4.74 Å². The molecule has 1 fully saturated rings. The molecule has 0 radical (unpaired) electrons. The summed E-state index contributed by atoms with van der Waals surface area (Å²) in [4.78, 5) is 11.0. The van der Waals surface area contributed by atoms with Crippen LogP contribution in [0.25, 0.3) is 0 Å². The van der Waals surface area contributed by atoms with Gasteiger partial charge in [-0.15, -0.1) is 0 Å². The van der Waals surface area contributed by atoms with Gasteiger partial charge in [0.1, 0.15) is 0 Å². The third-order valence-electron chi connectivity index (χ3n) is 2.46. The van der Waals surface area contributed by atoms with Gasteiger partial charge in [0.05, 0.1) is 13.7 Å². The van der Waals surface area contributed by atoms with E-state index in [0.29, 0.717) is 12.5 Å². The fourth-order valence-electron chi connectivity index (χ4n) is 1.43. The van der Waals surface area contributed by atoms with E-state index in [1.165, 1.54) is 7.11 Å². The highest BCUT2D eigenvalue weighted by atomic mass is 16.6. The lowest BCUT2D eigenvalue weighted by Gasteiger charge is -2.22. The van der Waals surface area contributed by atoms with E-state index in [-0.39, 0.29) is 5.97 Å². The number of methoxy groups -OCH3 is 1. The highest BCUT2D eigenvalue weighted by molar-refractivity contribution is 5.73. The van der Waals surface area contributed by atoms with Crippen LogP contribution in [-0.4, -0.2) is 39.0 Å². The molecule has 0 spiro atoms. The zero-order valence-electron chi connectivity index (χ0n) is 8.82. The Morgan fingerprint density at radius 2 is 2.14 bits per heavy atom. The number of carbonyl (C=O) groups excluding carboxylic acids is 1. The molecule has 4 nitrogen and oxygen atoms in total. The van der Waals surface area contributed by atoms with E-state index in [1.807, 2.05) is 0 Å². The van der Waals surface area contributed by atoms with Gasteiger partial charge >= 0.3 is 5.97 Å². The van der Waals surface area contributed by atoms with Crippen LogP contribution in [0.2, 0.25) is 0 Å². The molecule has 0 N–H and O–H groups in total. The van der Waals surface area contributed by atoms with E-state index in [4.69, 9.17) is 9.47 Å². The topological polar surface area (TPSA) is 44.8 Å². The molecular weight excluding hydrogens is 184 g/mol. The molecule has 0 saturated carbocycles. The number of carbonyl (C=O) groups is 1. The minimum atomic E-state index is -0.456. The normalized spacial score (nSPS) is 20.4. The molecule has 0 aromatic heterocycles. The highest BCUT2D eigenvalue weighted by Gasteiger charge is 2.18. The largest absolute Gasteiger partial charge is 0.467 e. The van der Waals surface area contributed by atoms with Crippen molar-refractivity contribution >= 4 is 5.97 Å². The van der Waals surface area contributed by atoms with Crippen LogP contribution in [0.3, 0.4) is 0 Å². The minimum Gasteiger partial charge on any atom is -0.467 e. The summed E-state index contributed by atoms with van der Waals surface area (Å²) >= 11 is 0. The fraction of sp³-hybridized carbons (Fsp3) is 0.900. The summed E-state index contributed by atoms with van der Waals surface area (Å²) in [5.74, 6) is 0.216. The molecule has 1 saturated heterocycles. The number of hydrogen-bond donors (Lipinski definition) is 0. The average molecular weight is 202 g/mol. The average Bonchev–Trinajstić information content (AvgIpc) is 2.26. The molecule has 1 heterocycles. The molecule has 1 aliphatic rings. The third kappa shape index (κ3) is 3.64. The first-order valence-corrected chi connectivity index (χ1v) is 5.01. The second kappa shape index (κ2) is 5.98. The van der Waals surface area contributed by atoms with Crippen LogP contribution < -0.4 is 0 Å². The number of rotatable bonds is 4. The van der Waals surface area contributed by atoms with Crippen molar-refractivity contribution in [2.45, 2.75) is 25.9 Å². The lowest BCUT2D eigenvalue weighted by molar-refractivity contribution is -0.154. The zero-order valence-corrected chi connectivity index (χ0v) is 8.82. The zero-order chi connectivity index (χ0) is 10.4. The summed E-state index contributed by atoms with van der Waals surface area (Å²) in [7, 11) is 1.37. The number of hydrogen-bond acceptors (Lipinski definition) is 4. The number of ether oxygens (including phenoxy) is 3. The van der Waals surface area contributed by atoms with Gasteiger partial charge < -0.3 is 14.2 Å². The molecule has 0 aliphatic carbocycles. The van der Waals surface area contributed by atoms with Crippen LogP contribution in [0.5, 0.6) is 0 Å². The summed E-state index contributed by atoms with van der Waals surface area (Å²) in [5.41, 5.74) is 0. The summed E-state index contributed by atoms with van der Waals surface area (Å²) < 4.78 is 15.2. The molecule has 82 valence electrons. The predicted molar refractivity (Wildman–Crippen MR) is 51.0 cm³/mol. The predicted octanol–water partition coefficient (Wildman–Crippen LogP) is 0.991. The monoisotopic (exact) mass is 202 g/mol. The molecule has 0 aromatic carbocycles. The molecule has 14 heavy (non-hydrogen) atoms. The molecule has 0 bridgehead atoms. The van der Waals surface area contributed by atoms with E-state index in [0.717, 1.165) is 26.1 Å². The molecule has 1 atom stereocenters. The van der Waals surface area contributed by atoms with Gasteiger partial charge in [0.25, 0.3) is 0 Å². The van der Waals surface area contributed by atoms with Crippen molar-refractivity contribution in [3.05, 3.63) is 0 Å². The van der Waals surface area contributed by atoms with Gasteiger partial charge in [-0.1, -0.05) is 0 Å². The van der Waals surface area contributed by atoms with Crippen LogP contribution in [-0.2, 0) is 19.0 Å². The van der Waals surface area contributed by atoms with Crippen LogP contribution in [0.4, 0.5) is 0 Å². The van der Waals surface area contributed by atoms with Gasteiger partial charge in [0, 0.05) is 13.2 Å². The Morgan fingerprint density at radius 1 is 1.50 bits per heavy atom. The van der Waals surface area contributed by atoms with Gasteiger partial charge in [0.2, 0.25) is 0 Å². The van der Waals surface area contributed by atoms with Crippen molar-refractivity contribution < 1.29 is 19.0 Å². The van der Waals surface area contributed by atoms with E-state index >= 15 is 0 Å². The molecule has 1 aliphatic heterocycles. The lowest BCUT2D eigenvalue weighted by atomic mass is 10.0. The fourth-order valence-corrected chi connectivity index (χ4v) is 1.43. The Morgan fingerprint density at radius 3 is 2.71 bits per heavy atom. The Bertz CT molecular complexity index is 175. The van der Waals surface area contributed by atoms with Gasteiger partial charge in [-0.3, -0.25) is 0 Å². The van der Waals surface area contributed by atoms with E-state index in [9.17, 15) is 4.79 Å². The van der Waals surface area contributed by atoms with Gasteiger partial charge in [0.15, 0.2) is 6.10 Å². The molecule has 0 amide bonds. The standard InChI is InChI=1S/C10H18O4/c1-8(10(11)12-2)14-7-9-3-5-13-6-4-9/h8-9H,3-7H2,1-2H3/t8-/m0/s1. The number of esters is 1. The Balaban J connectivity index is 2.15. The van der Waals surface area contributed by atoms with Crippen LogP contribution in [0.15, 0.2) is 0 Å². The molecule has 1 rings (SSSR count). The molecule has 4 heteroatoms. The second-order valence-electron chi connectivity index (χ2n) is 3.55. The van der Waals surface area contributed by atoms with Crippen molar-refractivity contribution in [1.82, 2.24) is 0 Å². The van der Waals surface area contributed by atoms with E-state index < -0.39 is 6.10 Å². The Hall–Kier alpha value is -0.610. The van der Waals surface area contributed by atoms with Crippen molar-refractivity contribution in [3.8, 4) is 0 Å². The van der Waals surface area contributed by atoms with Crippen molar-refractivity contribution in [1.29, 1.82) is 0 Å². The molecule has 0 unspecified atom stereocenters. The lowest BCUT2D eigenvalue weighted by Crippen LogP contribution is -2.27. The maximum Gasteiger partial charge on any atom is 0.334 e. The summed E-state index contributed by atoms with van der Waals surface area (Å²) in [6.07, 6.45) is 1.59. The van der Waals surface area contributed by atoms with Gasteiger partial charge in [-0.25, -0.2) is 4.79 Å². The van der Waals surface area contributed by atoms with Crippen LogP contribution in [0.1, 0.15) is 19.8 Å². The highest BCUT2D eigenvalue weighted by Crippen LogP contribution is 2.15. The second-order valence-corrected chi connectivity index (χ2v) is 3.55. The Kier molecular flexibility index (Phi) is 4.90. The maximum atomic E-state index is 11.0. The van der Waals surface area contributed by atoms with Gasteiger partial charge in [-0.05, 0) is 25.7 Å². The van der Waals surface area contributed by atoms with Crippen molar-refractivity contribution in [2.75, 3.05) is 26.9 Å². The SMILES string of the molecule is COC(=O)[C@H](C)OCC1CCOCC1. The summed E-state index contributed by atoms with van der Waals surface area (Å²) in [5, 5.41) is 0. The summed E-state index contributed by atoms with van der Waals surface area (Å²) in [6, 6.07) is 0. The molecule has 0 aromatic rings. The van der Waals surface area contributed by atoms with E-state index in [1.54, 1.807) is 6.92 Å². The smallest absolute Gasteiger partial charge is 0.334 e. The summed E-state index contributed by atoms with van der Waals surface area (Å²) in [6.45, 7) is 3.95. The first-order valence-electron chi connectivity index (χ1n) is 5.01.